The van der Waals surface area contributed by atoms with Crippen LogP contribution in [0.1, 0.15) is 18.3 Å². The van der Waals surface area contributed by atoms with Crippen molar-refractivity contribution in [2.45, 2.75) is 18.7 Å². The van der Waals surface area contributed by atoms with Crippen LogP contribution in [0.2, 0.25) is 0 Å². The van der Waals surface area contributed by atoms with Crippen molar-refractivity contribution in [1.82, 2.24) is 24.7 Å². The van der Waals surface area contributed by atoms with Crippen molar-refractivity contribution < 1.29 is 9.52 Å². The Hall–Kier alpha value is -3.23. The quantitative estimate of drug-likeness (QED) is 0.516. The molecule has 2 N–H and O–H groups in total. The normalized spacial score (nSPS) is 18.0. The van der Waals surface area contributed by atoms with E-state index in [1.807, 2.05) is 47.1 Å². The lowest BCUT2D eigenvalue weighted by atomic mass is 10.2. The van der Waals surface area contributed by atoms with Crippen molar-refractivity contribution in [3.8, 4) is 11.5 Å². The minimum absolute atomic E-state index is 0.115. The van der Waals surface area contributed by atoms with Crippen LogP contribution in [0.3, 0.4) is 0 Å². The number of fused-ring (bicyclic) bond motifs is 1. The smallest absolute Gasteiger partial charge is 0.226 e. The summed E-state index contributed by atoms with van der Waals surface area (Å²) in [5, 5.41) is 13.8. The van der Waals surface area contributed by atoms with Gasteiger partial charge in [0.15, 0.2) is 17.7 Å². The summed E-state index contributed by atoms with van der Waals surface area (Å²) in [4.78, 5) is 15.5. The molecule has 1 unspecified atom stereocenters. The molecule has 1 saturated heterocycles. The van der Waals surface area contributed by atoms with Crippen molar-refractivity contribution in [1.29, 1.82) is 0 Å². The predicted molar refractivity (Wildman–Crippen MR) is 104 cm³/mol. The Bertz CT molecular complexity index is 1080. The molecule has 1 aromatic carbocycles. The highest BCUT2D eigenvalue weighted by Crippen LogP contribution is 2.24. The first kappa shape index (κ1) is 16.9. The van der Waals surface area contributed by atoms with Crippen LogP contribution in [0.4, 0.5) is 5.82 Å². The molecule has 5 rings (SSSR count). The Morgan fingerprint density at radius 1 is 1.14 bits per heavy atom. The number of nitrogens with zero attached hydrogens (tertiary/aromatic N) is 5. The second-order valence-corrected chi connectivity index (χ2v) is 6.85. The molecular weight excluding hydrogens is 356 g/mol. The lowest BCUT2D eigenvalue weighted by Gasteiger charge is -2.19. The lowest BCUT2D eigenvalue weighted by molar-refractivity contribution is 0.122. The van der Waals surface area contributed by atoms with Crippen LogP contribution in [-0.2, 0) is 0 Å². The van der Waals surface area contributed by atoms with E-state index in [4.69, 9.17) is 4.42 Å². The number of hydrogen-bond donors (Lipinski definition) is 2. The van der Waals surface area contributed by atoms with Gasteiger partial charge in [0.05, 0.1) is 0 Å². The molecule has 4 heterocycles. The van der Waals surface area contributed by atoms with Crippen LogP contribution < -0.4 is 10.2 Å². The van der Waals surface area contributed by atoms with Crippen LogP contribution in [0, 0.1) is 0 Å². The molecule has 0 amide bonds. The maximum atomic E-state index is 10.6. The van der Waals surface area contributed by atoms with E-state index in [0.29, 0.717) is 11.6 Å². The number of aliphatic hydroxyl groups is 1. The largest absolute Gasteiger partial charge is 0.444 e. The number of imidazole rings is 1. The topological polar surface area (TPSA) is 91.7 Å². The van der Waals surface area contributed by atoms with E-state index in [1.54, 1.807) is 12.4 Å². The Kier molecular flexibility index (Phi) is 4.27. The van der Waals surface area contributed by atoms with Crippen molar-refractivity contribution in [3.05, 3.63) is 67.1 Å². The molecule has 1 fully saturated rings. The SMILES string of the molecule is OC(N[C@H]1CCN(c2nccn3ccnc23)C1)c1coc(-c2ccccc2)n1. The average Bonchev–Trinajstić information content (AvgIpc) is 3.48. The maximum absolute atomic E-state index is 10.6. The summed E-state index contributed by atoms with van der Waals surface area (Å²) in [6, 6.07) is 9.75. The van der Waals surface area contributed by atoms with Crippen LogP contribution in [0.15, 0.2) is 65.8 Å². The summed E-state index contributed by atoms with van der Waals surface area (Å²) in [6.45, 7) is 1.58. The molecule has 0 bridgehead atoms. The van der Waals surface area contributed by atoms with Crippen molar-refractivity contribution in [2.75, 3.05) is 18.0 Å². The van der Waals surface area contributed by atoms with E-state index in [2.05, 4.69) is 25.2 Å². The van der Waals surface area contributed by atoms with Crippen LogP contribution in [0.5, 0.6) is 0 Å². The van der Waals surface area contributed by atoms with Gasteiger partial charge in [-0.3, -0.25) is 5.32 Å². The number of aliphatic hydroxyl groups excluding tert-OH is 1. The minimum atomic E-state index is -0.888. The average molecular weight is 376 g/mol. The Morgan fingerprint density at radius 2 is 1.96 bits per heavy atom. The Labute approximate surface area is 161 Å². The molecule has 2 atom stereocenters. The summed E-state index contributed by atoms with van der Waals surface area (Å²) < 4.78 is 7.48. The van der Waals surface area contributed by atoms with E-state index in [1.165, 1.54) is 6.26 Å². The van der Waals surface area contributed by atoms with Gasteiger partial charge in [0.25, 0.3) is 0 Å². The third-order valence-electron chi connectivity index (χ3n) is 5.00. The molecule has 0 aliphatic carbocycles. The fraction of sp³-hybridized carbons (Fsp3) is 0.250. The molecule has 8 nitrogen and oxygen atoms in total. The number of benzene rings is 1. The summed E-state index contributed by atoms with van der Waals surface area (Å²) in [6.07, 6.45) is 8.84. The summed E-state index contributed by atoms with van der Waals surface area (Å²) in [5.74, 6) is 1.36. The summed E-state index contributed by atoms with van der Waals surface area (Å²) in [7, 11) is 0. The lowest BCUT2D eigenvalue weighted by Crippen LogP contribution is -2.35. The highest BCUT2D eigenvalue weighted by atomic mass is 16.3. The van der Waals surface area contributed by atoms with E-state index < -0.39 is 6.23 Å². The number of aromatic nitrogens is 4. The van der Waals surface area contributed by atoms with Crippen molar-refractivity contribution in [2.24, 2.45) is 0 Å². The number of anilines is 1. The molecule has 28 heavy (non-hydrogen) atoms. The van der Waals surface area contributed by atoms with Crippen LogP contribution in [-0.4, -0.2) is 43.6 Å². The molecule has 8 heteroatoms. The van der Waals surface area contributed by atoms with E-state index in [-0.39, 0.29) is 6.04 Å². The number of rotatable bonds is 5. The fourth-order valence-electron chi connectivity index (χ4n) is 3.59. The van der Waals surface area contributed by atoms with Gasteiger partial charge in [-0.2, -0.15) is 0 Å². The minimum Gasteiger partial charge on any atom is -0.444 e. The van der Waals surface area contributed by atoms with Crippen molar-refractivity contribution in [3.63, 3.8) is 0 Å². The first-order valence-corrected chi connectivity index (χ1v) is 9.25. The van der Waals surface area contributed by atoms with Crippen LogP contribution in [0.25, 0.3) is 17.1 Å². The molecule has 1 aliphatic heterocycles. The maximum Gasteiger partial charge on any atom is 0.226 e. The van der Waals surface area contributed by atoms with Crippen LogP contribution >= 0.6 is 0 Å². The van der Waals surface area contributed by atoms with Gasteiger partial charge in [0.1, 0.15) is 12.0 Å². The first-order chi connectivity index (χ1) is 13.8. The first-order valence-electron chi connectivity index (χ1n) is 9.25. The second kappa shape index (κ2) is 7.06. The number of oxazole rings is 1. The van der Waals surface area contributed by atoms with Gasteiger partial charge in [0.2, 0.25) is 5.89 Å². The van der Waals surface area contributed by atoms with Crippen molar-refractivity contribution >= 4 is 11.5 Å². The van der Waals surface area contributed by atoms with E-state index in [0.717, 1.165) is 36.5 Å². The molecule has 4 aromatic rings. The third kappa shape index (κ3) is 3.12. The molecule has 0 spiro atoms. The monoisotopic (exact) mass is 376 g/mol. The molecule has 1 aliphatic rings. The Balaban J connectivity index is 1.26. The molecular formula is C20H20N6O2. The molecule has 0 saturated carbocycles. The van der Waals surface area contributed by atoms with Gasteiger partial charge in [0, 0.05) is 49.5 Å². The summed E-state index contributed by atoms with van der Waals surface area (Å²) >= 11 is 0. The third-order valence-corrected chi connectivity index (χ3v) is 5.00. The van der Waals surface area contributed by atoms with Gasteiger partial charge >= 0.3 is 0 Å². The number of hydrogen-bond acceptors (Lipinski definition) is 7. The molecule has 3 aromatic heterocycles. The van der Waals surface area contributed by atoms with Gasteiger partial charge in [-0.15, -0.1) is 0 Å². The highest BCUT2D eigenvalue weighted by molar-refractivity contribution is 5.64. The van der Waals surface area contributed by atoms with Gasteiger partial charge in [-0.05, 0) is 18.6 Å². The second-order valence-electron chi connectivity index (χ2n) is 6.85. The molecule has 142 valence electrons. The fourth-order valence-corrected chi connectivity index (χ4v) is 3.59. The molecule has 0 radical (unpaired) electrons. The zero-order valence-electron chi connectivity index (χ0n) is 15.1. The van der Waals surface area contributed by atoms with Gasteiger partial charge in [-0.1, -0.05) is 18.2 Å². The Morgan fingerprint density at radius 3 is 2.82 bits per heavy atom. The predicted octanol–water partition coefficient (Wildman–Crippen LogP) is 2.24. The number of nitrogens with one attached hydrogen (secondary N) is 1. The standard InChI is InChI=1S/C20H20N6O2/c27-19(16-13-28-20(24-16)14-4-2-1-3-5-14)23-15-6-9-26(12-15)18-17-21-7-10-25(17)11-8-22-18/h1-5,7-8,10-11,13,15,19,23,27H,6,9,12H2/t15-,19?/m0/s1. The summed E-state index contributed by atoms with van der Waals surface area (Å²) in [5.41, 5.74) is 2.20. The highest BCUT2D eigenvalue weighted by Gasteiger charge is 2.27. The van der Waals surface area contributed by atoms with Gasteiger partial charge in [-0.25, -0.2) is 15.0 Å². The van der Waals surface area contributed by atoms with E-state index >= 15 is 0 Å². The van der Waals surface area contributed by atoms with E-state index in [9.17, 15) is 5.11 Å². The van der Waals surface area contributed by atoms with Gasteiger partial charge < -0.3 is 18.8 Å². The zero-order chi connectivity index (χ0) is 18.9. The zero-order valence-corrected chi connectivity index (χ0v) is 15.1.